The molecule has 23 heavy (non-hydrogen) atoms. The van der Waals surface area contributed by atoms with Crippen molar-refractivity contribution in [2.45, 2.75) is 18.7 Å². The molecule has 7 heteroatoms. The van der Waals surface area contributed by atoms with Crippen molar-refractivity contribution in [2.75, 3.05) is 18.2 Å². The highest BCUT2D eigenvalue weighted by atomic mass is 32.2. The van der Waals surface area contributed by atoms with Crippen molar-refractivity contribution in [3.8, 4) is 0 Å². The van der Waals surface area contributed by atoms with Crippen LogP contribution in [0.3, 0.4) is 0 Å². The van der Waals surface area contributed by atoms with Gasteiger partial charge in [-0.2, -0.15) is 5.10 Å². The second-order valence-corrected chi connectivity index (χ2v) is 5.90. The molecule has 0 radical (unpaired) electrons. The first-order valence-electron chi connectivity index (χ1n) is 7.03. The lowest BCUT2D eigenvalue weighted by Crippen LogP contribution is -2.21. The Morgan fingerprint density at radius 1 is 1.26 bits per heavy atom. The van der Waals surface area contributed by atoms with Crippen LogP contribution in [0.1, 0.15) is 21.7 Å². The zero-order chi connectivity index (χ0) is 17.0. The summed E-state index contributed by atoms with van der Waals surface area (Å²) in [6.07, 6.45) is 1.96. The topological polar surface area (TPSA) is 73.2 Å². The van der Waals surface area contributed by atoms with Crippen LogP contribution < -0.4 is 5.32 Å². The summed E-state index contributed by atoms with van der Waals surface area (Å²) in [5.41, 5.74) is 2.63. The van der Waals surface area contributed by atoms with Crippen molar-refractivity contribution in [1.29, 1.82) is 0 Å². The molecule has 0 aliphatic rings. The van der Waals surface area contributed by atoms with Gasteiger partial charge < -0.3 is 10.1 Å². The number of benzene rings is 1. The van der Waals surface area contributed by atoms with E-state index in [2.05, 4.69) is 10.4 Å². The van der Waals surface area contributed by atoms with Crippen LogP contribution in [-0.2, 0) is 16.6 Å². The number of carbonyl (C=O) groups is 2. The number of hydrogen-bond acceptors (Lipinski definition) is 5. The molecule has 0 saturated carbocycles. The fourth-order valence-corrected chi connectivity index (χ4v) is 2.48. The lowest BCUT2D eigenvalue weighted by Gasteiger charge is -2.07. The van der Waals surface area contributed by atoms with Crippen molar-refractivity contribution in [2.24, 2.45) is 7.05 Å². The number of esters is 1. The molecule has 1 aromatic heterocycles. The Morgan fingerprint density at radius 3 is 2.43 bits per heavy atom. The maximum absolute atomic E-state index is 11.9. The third-order valence-corrected chi connectivity index (χ3v) is 4.18. The molecular weight excluding hydrogens is 314 g/mol. The van der Waals surface area contributed by atoms with Crippen LogP contribution >= 0.6 is 11.8 Å². The highest BCUT2D eigenvalue weighted by Crippen LogP contribution is 2.18. The Balaban J connectivity index is 1.92. The molecule has 0 aliphatic carbocycles. The number of rotatable bonds is 5. The number of amides is 1. The summed E-state index contributed by atoms with van der Waals surface area (Å²) < 4.78 is 6.72. The Kier molecular flexibility index (Phi) is 5.44. The summed E-state index contributed by atoms with van der Waals surface area (Å²) in [6, 6.07) is 7.04. The zero-order valence-electron chi connectivity index (χ0n) is 13.5. The van der Waals surface area contributed by atoms with Gasteiger partial charge in [0.15, 0.2) is 6.61 Å². The second-order valence-electron chi connectivity index (χ2n) is 5.02. The van der Waals surface area contributed by atoms with Crippen molar-refractivity contribution < 1.29 is 14.3 Å². The molecule has 0 bridgehead atoms. The number of aromatic nitrogens is 2. The Hall–Kier alpha value is -2.28. The normalized spacial score (nSPS) is 10.4. The van der Waals surface area contributed by atoms with Gasteiger partial charge in [-0.05, 0) is 44.4 Å². The molecule has 0 aliphatic heterocycles. The predicted molar refractivity (Wildman–Crippen MR) is 89.8 cm³/mol. The van der Waals surface area contributed by atoms with Crippen LogP contribution in [0.15, 0.2) is 29.2 Å². The molecule has 2 rings (SSSR count). The van der Waals surface area contributed by atoms with Crippen LogP contribution in [0, 0.1) is 13.8 Å². The summed E-state index contributed by atoms with van der Waals surface area (Å²) in [6.45, 7) is 3.33. The van der Waals surface area contributed by atoms with Gasteiger partial charge >= 0.3 is 5.97 Å². The standard InChI is InChI=1S/C16H19N3O3S/c1-10-15(11(2)19(3)18-10)17-14(20)9-22-16(21)12-5-7-13(23-4)8-6-12/h5-8H,9H2,1-4H3,(H,17,20). The number of anilines is 1. The molecule has 122 valence electrons. The molecule has 0 saturated heterocycles. The quantitative estimate of drug-likeness (QED) is 0.672. The first-order valence-corrected chi connectivity index (χ1v) is 8.26. The smallest absolute Gasteiger partial charge is 0.338 e. The molecule has 1 N–H and O–H groups in total. The lowest BCUT2D eigenvalue weighted by atomic mass is 10.2. The number of nitrogens with one attached hydrogen (secondary N) is 1. The fourth-order valence-electron chi connectivity index (χ4n) is 2.07. The molecule has 1 heterocycles. The van der Waals surface area contributed by atoms with Crippen molar-refractivity contribution in [1.82, 2.24) is 9.78 Å². The minimum atomic E-state index is -0.521. The van der Waals surface area contributed by atoms with Crippen molar-refractivity contribution >= 4 is 29.3 Å². The van der Waals surface area contributed by atoms with Crippen molar-refractivity contribution in [3.05, 3.63) is 41.2 Å². The molecule has 1 amide bonds. The molecule has 2 aromatic rings. The van der Waals surface area contributed by atoms with E-state index in [-0.39, 0.29) is 6.61 Å². The third-order valence-electron chi connectivity index (χ3n) is 3.43. The van der Waals surface area contributed by atoms with E-state index < -0.39 is 11.9 Å². The van der Waals surface area contributed by atoms with E-state index in [1.54, 1.807) is 35.6 Å². The summed E-state index contributed by atoms with van der Waals surface area (Å²) >= 11 is 1.59. The Bertz CT molecular complexity index is 723. The van der Waals surface area contributed by atoms with E-state index in [4.69, 9.17) is 4.74 Å². The Morgan fingerprint density at radius 2 is 1.91 bits per heavy atom. The zero-order valence-corrected chi connectivity index (χ0v) is 14.4. The highest BCUT2D eigenvalue weighted by molar-refractivity contribution is 7.98. The molecule has 0 spiro atoms. The van der Waals surface area contributed by atoms with Gasteiger partial charge in [0.1, 0.15) is 0 Å². The van der Waals surface area contributed by atoms with E-state index in [0.717, 1.165) is 16.3 Å². The van der Waals surface area contributed by atoms with E-state index in [1.807, 2.05) is 32.2 Å². The largest absolute Gasteiger partial charge is 0.452 e. The monoisotopic (exact) mass is 333 g/mol. The Labute approximate surface area is 139 Å². The van der Waals surface area contributed by atoms with Gasteiger partial charge in [-0.15, -0.1) is 11.8 Å². The number of ether oxygens (including phenoxy) is 1. The fraction of sp³-hybridized carbons (Fsp3) is 0.312. The lowest BCUT2D eigenvalue weighted by molar-refractivity contribution is -0.119. The second kappa shape index (κ2) is 7.32. The minimum Gasteiger partial charge on any atom is -0.452 e. The average molecular weight is 333 g/mol. The highest BCUT2D eigenvalue weighted by Gasteiger charge is 2.14. The summed E-state index contributed by atoms with van der Waals surface area (Å²) in [4.78, 5) is 24.9. The molecular formula is C16H19N3O3S. The maximum atomic E-state index is 11.9. The number of aryl methyl sites for hydroxylation is 2. The summed E-state index contributed by atoms with van der Waals surface area (Å²) in [5.74, 6) is -0.911. The van der Waals surface area contributed by atoms with E-state index in [0.29, 0.717) is 11.3 Å². The molecule has 0 unspecified atom stereocenters. The number of hydrogen-bond donors (Lipinski definition) is 1. The number of carbonyl (C=O) groups excluding carboxylic acids is 2. The van der Waals surface area contributed by atoms with Crippen LogP contribution in [-0.4, -0.2) is 34.5 Å². The molecule has 0 atom stereocenters. The van der Waals surface area contributed by atoms with Gasteiger partial charge in [0.25, 0.3) is 5.91 Å². The third kappa shape index (κ3) is 4.13. The summed E-state index contributed by atoms with van der Waals surface area (Å²) in [5, 5.41) is 6.94. The van der Waals surface area contributed by atoms with Gasteiger partial charge in [0.2, 0.25) is 0 Å². The number of thioether (sulfide) groups is 1. The van der Waals surface area contributed by atoms with Crippen LogP contribution in [0.25, 0.3) is 0 Å². The van der Waals surface area contributed by atoms with E-state index in [1.165, 1.54) is 0 Å². The predicted octanol–water partition coefficient (Wildman–Crippen LogP) is 2.55. The van der Waals surface area contributed by atoms with Crippen molar-refractivity contribution in [3.63, 3.8) is 0 Å². The first-order chi connectivity index (χ1) is 10.9. The van der Waals surface area contributed by atoms with Gasteiger partial charge in [-0.25, -0.2) is 4.79 Å². The van der Waals surface area contributed by atoms with Crippen LogP contribution in [0.4, 0.5) is 5.69 Å². The van der Waals surface area contributed by atoms with Gasteiger partial charge in [0.05, 0.1) is 22.6 Å². The molecule has 6 nitrogen and oxygen atoms in total. The van der Waals surface area contributed by atoms with Gasteiger partial charge in [-0.3, -0.25) is 9.48 Å². The van der Waals surface area contributed by atoms with E-state index in [9.17, 15) is 9.59 Å². The van der Waals surface area contributed by atoms with Crippen LogP contribution in [0.2, 0.25) is 0 Å². The van der Waals surface area contributed by atoms with E-state index >= 15 is 0 Å². The van der Waals surface area contributed by atoms with Gasteiger partial charge in [-0.1, -0.05) is 0 Å². The summed E-state index contributed by atoms with van der Waals surface area (Å²) in [7, 11) is 1.80. The maximum Gasteiger partial charge on any atom is 0.338 e. The molecule has 1 aromatic carbocycles. The number of nitrogens with zero attached hydrogens (tertiary/aromatic N) is 2. The first kappa shape index (κ1) is 17.1. The minimum absolute atomic E-state index is 0.336. The SMILES string of the molecule is CSc1ccc(C(=O)OCC(=O)Nc2c(C)nn(C)c2C)cc1. The average Bonchev–Trinajstić information content (AvgIpc) is 2.79. The van der Waals surface area contributed by atoms with Crippen LogP contribution in [0.5, 0.6) is 0 Å². The van der Waals surface area contributed by atoms with Gasteiger partial charge in [0, 0.05) is 11.9 Å². The molecule has 0 fully saturated rings.